The lowest BCUT2D eigenvalue weighted by Gasteiger charge is -2.38. The number of hydrogen-bond acceptors (Lipinski definition) is 3. The Bertz CT molecular complexity index is 163. The summed E-state index contributed by atoms with van der Waals surface area (Å²) in [5.41, 5.74) is 0. The summed E-state index contributed by atoms with van der Waals surface area (Å²) in [6.07, 6.45) is -0.219. The van der Waals surface area contributed by atoms with Gasteiger partial charge in [-0.25, -0.2) is 0 Å². The summed E-state index contributed by atoms with van der Waals surface area (Å²) in [5, 5.41) is 8.80. The van der Waals surface area contributed by atoms with Crippen LogP contribution in [0.15, 0.2) is 0 Å². The molecule has 86 valence electrons. The van der Waals surface area contributed by atoms with Crippen molar-refractivity contribution in [1.29, 1.82) is 0 Å². The number of aliphatic hydroxyl groups excluding tert-OH is 1. The van der Waals surface area contributed by atoms with Crippen LogP contribution in [0.3, 0.4) is 0 Å². The highest BCUT2D eigenvalue weighted by Crippen LogP contribution is 2.37. The lowest BCUT2D eigenvalue weighted by molar-refractivity contribution is -0.0838. The molecule has 0 bridgehead atoms. The van der Waals surface area contributed by atoms with Crippen LogP contribution in [0.25, 0.3) is 0 Å². The van der Waals surface area contributed by atoms with E-state index in [2.05, 4.69) is 33.9 Å². The van der Waals surface area contributed by atoms with Gasteiger partial charge in [-0.05, 0) is 25.1 Å². The van der Waals surface area contributed by atoms with E-state index < -0.39 is 8.32 Å². The Morgan fingerprint density at radius 3 is 2.14 bits per heavy atom. The van der Waals surface area contributed by atoms with E-state index in [0.717, 1.165) is 0 Å². The van der Waals surface area contributed by atoms with Gasteiger partial charge in [-0.1, -0.05) is 20.8 Å². The second-order valence-corrected chi connectivity index (χ2v) is 9.80. The summed E-state index contributed by atoms with van der Waals surface area (Å²) < 4.78 is 11.2. The Morgan fingerprint density at radius 1 is 1.29 bits per heavy atom. The lowest BCUT2D eigenvalue weighted by Crippen LogP contribution is -2.44. The van der Waals surface area contributed by atoms with Crippen LogP contribution in [0, 0.1) is 0 Å². The summed E-state index contributed by atoms with van der Waals surface area (Å²) in [6, 6.07) is 0. The molecular formula is C10H24O3Si. The topological polar surface area (TPSA) is 38.7 Å². The molecule has 0 spiro atoms. The van der Waals surface area contributed by atoms with E-state index in [-0.39, 0.29) is 17.9 Å². The highest BCUT2D eigenvalue weighted by Gasteiger charge is 2.38. The molecule has 0 heterocycles. The third kappa shape index (κ3) is 4.55. The maximum Gasteiger partial charge on any atom is 0.195 e. The molecule has 0 saturated carbocycles. The predicted molar refractivity (Wildman–Crippen MR) is 60.8 cm³/mol. The smallest absolute Gasteiger partial charge is 0.195 e. The van der Waals surface area contributed by atoms with Crippen molar-refractivity contribution in [2.75, 3.05) is 13.2 Å². The first-order valence-electron chi connectivity index (χ1n) is 5.11. The zero-order chi connectivity index (χ0) is 11.4. The second kappa shape index (κ2) is 5.26. The first-order chi connectivity index (χ1) is 6.20. The van der Waals surface area contributed by atoms with Gasteiger partial charge in [-0.2, -0.15) is 0 Å². The number of rotatable bonds is 5. The molecule has 1 unspecified atom stereocenters. The normalized spacial score (nSPS) is 15.6. The van der Waals surface area contributed by atoms with Crippen molar-refractivity contribution in [3.8, 4) is 0 Å². The molecule has 0 aliphatic heterocycles. The van der Waals surface area contributed by atoms with Gasteiger partial charge in [-0.3, -0.25) is 0 Å². The molecule has 0 aliphatic rings. The minimum atomic E-state index is -1.72. The van der Waals surface area contributed by atoms with E-state index in [9.17, 15) is 0 Å². The molecule has 0 aromatic carbocycles. The molecule has 0 fully saturated rings. The van der Waals surface area contributed by atoms with Crippen molar-refractivity contribution in [2.24, 2.45) is 0 Å². The highest BCUT2D eigenvalue weighted by atomic mass is 28.4. The van der Waals surface area contributed by atoms with Gasteiger partial charge >= 0.3 is 0 Å². The van der Waals surface area contributed by atoms with E-state index in [4.69, 9.17) is 14.3 Å². The third-order valence-electron chi connectivity index (χ3n) is 2.71. The summed E-state index contributed by atoms with van der Waals surface area (Å²) >= 11 is 0. The molecule has 4 heteroatoms. The van der Waals surface area contributed by atoms with Crippen molar-refractivity contribution >= 4 is 8.32 Å². The average molecular weight is 220 g/mol. The van der Waals surface area contributed by atoms with Crippen molar-refractivity contribution in [2.45, 2.75) is 52.1 Å². The first kappa shape index (κ1) is 14.1. The summed E-state index contributed by atoms with van der Waals surface area (Å²) in [6.45, 7) is 13.2. The molecule has 0 amide bonds. The van der Waals surface area contributed by atoms with Gasteiger partial charge in [0, 0.05) is 0 Å². The van der Waals surface area contributed by atoms with E-state index in [1.54, 1.807) is 0 Å². The van der Waals surface area contributed by atoms with Crippen LogP contribution in [0.2, 0.25) is 18.1 Å². The minimum Gasteiger partial charge on any atom is -0.394 e. The van der Waals surface area contributed by atoms with E-state index in [0.29, 0.717) is 6.61 Å². The maximum absolute atomic E-state index is 8.60. The predicted octanol–water partition coefficient (Wildman–Crippen LogP) is 2.36. The zero-order valence-electron chi connectivity index (χ0n) is 10.3. The molecule has 0 radical (unpaired) electrons. The second-order valence-electron chi connectivity index (χ2n) is 5.04. The Hall–Kier alpha value is 0.0969. The number of hydrogen-bond donors (Lipinski definition) is 1. The maximum atomic E-state index is 8.60. The fraction of sp³-hybridized carbons (Fsp3) is 1.00. The molecule has 0 rings (SSSR count). The van der Waals surface area contributed by atoms with Gasteiger partial charge in [0.15, 0.2) is 8.32 Å². The fourth-order valence-corrected chi connectivity index (χ4v) is 2.10. The Morgan fingerprint density at radius 2 is 1.79 bits per heavy atom. The molecule has 3 nitrogen and oxygen atoms in total. The average Bonchev–Trinajstić information content (AvgIpc) is 1.97. The SMILES string of the molecule is CC(OCCO)O[Si](C)(C)C(C)(C)C. The molecule has 0 aromatic rings. The Labute approximate surface area is 88.5 Å². The molecule has 1 atom stereocenters. The Balaban J connectivity index is 4.08. The van der Waals surface area contributed by atoms with E-state index >= 15 is 0 Å². The van der Waals surface area contributed by atoms with Gasteiger partial charge in [-0.15, -0.1) is 0 Å². The van der Waals surface area contributed by atoms with Crippen LogP contribution >= 0.6 is 0 Å². The quantitative estimate of drug-likeness (QED) is 0.571. The van der Waals surface area contributed by atoms with Crippen LogP contribution in [0.1, 0.15) is 27.7 Å². The monoisotopic (exact) mass is 220 g/mol. The van der Waals surface area contributed by atoms with E-state index in [1.807, 2.05) is 6.92 Å². The fourth-order valence-electron chi connectivity index (χ4n) is 0.844. The molecule has 0 aliphatic carbocycles. The van der Waals surface area contributed by atoms with Crippen LogP contribution in [-0.4, -0.2) is 32.9 Å². The summed E-state index contributed by atoms with van der Waals surface area (Å²) in [5.74, 6) is 0. The van der Waals surface area contributed by atoms with Crippen LogP contribution in [0.5, 0.6) is 0 Å². The largest absolute Gasteiger partial charge is 0.394 e. The van der Waals surface area contributed by atoms with Gasteiger partial charge in [0.2, 0.25) is 0 Å². The standard InChI is InChI=1S/C10H24O3Si/c1-9(12-8-7-11)13-14(5,6)10(2,3)4/h9,11H,7-8H2,1-6H3. The zero-order valence-corrected chi connectivity index (χ0v) is 11.3. The van der Waals surface area contributed by atoms with Crippen molar-refractivity contribution in [3.63, 3.8) is 0 Å². The molecule has 14 heavy (non-hydrogen) atoms. The van der Waals surface area contributed by atoms with Crippen molar-refractivity contribution in [3.05, 3.63) is 0 Å². The molecule has 1 N–H and O–H groups in total. The minimum absolute atomic E-state index is 0.0468. The molecule has 0 aromatic heterocycles. The number of aliphatic hydroxyl groups is 1. The van der Waals surface area contributed by atoms with Crippen LogP contribution in [0.4, 0.5) is 0 Å². The van der Waals surface area contributed by atoms with Crippen LogP contribution in [-0.2, 0) is 9.16 Å². The lowest BCUT2D eigenvalue weighted by atomic mass is 10.2. The highest BCUT2D eigenvalue weighted by molar-refractivity contribution is 6.74. The van der Waals surface area contributed by atoms with E-state index in [1.165, 1.54) is 0 Å². The molecular weight excluding hydrogens is 196 g/mol. The van der Waals surface area contributed by atoms with Gasteiger partial charge in [0.1, 0.15) is 6.29 Å². The summed E-state index contributed by atoms with van der Waals surface area (Å²) in [4.78, 5) is 0. The molecule has 0 saturated heterocycles. The third-order valence-corrected chi connectivity index (χ3v) is 7.24. The Kier molecular flexibility index (Phi) is 5.29. The first-order valence-corrected chi connectivity index (χ1v) is 8.02. The van der Waals surface area contributed by atoms with Crippen molar-refractivity contribution in [1.82, 2.24) is 0 Å². The number of ether oxygens (including phenoxy) is 1. The van der Waals surface area contributed by atoms with Gasteiger partial charge < -0.3 is 14.3 Å². The summed E-state index contributed by atoms with van der Waals surface area (Å²) in [7, 11) is -1.72. The van der Waals surface area contributed by atoms with Crippen molar-refractivity contribution < 1.29 is 14.3 Å². The van der Waals surface area contributed by atoms with Gasteiger partial charge in [0.25, 0.3) is 0 Å². The van der Waals surface area contributed by atoms with Gasteiger partial charge in [0.05, 0.1) is 13.2 Å². The van der Waals surface area contributed by atoms with Crippen LogP contribution < -0.4 is 0 Å².